The van der Waals surface area contributed by atoms with E-state index in [0.717, 1.165) is 16.9 Å². The van der Waals surface area contributed by atoms with Gasteiger partial charge in [-0.15, -0.1) is 0 Å². The first-order chi connectivity index (χ1) is 6.27. The Kier molecular flexibility index (Phi) is 3.38. The number of hydrogen-bond donors (Lipinski definition) is 0. The summed E-state index contributed by atoms with van der Waals surface area (Å²) in [5, 5.41) is 0. The van der Waals surface area contributed by atoms with E-state index in [1.54, 1.807) is 20.5 Å². The average Bonchev–Trinajstić information content (AvgIpc) is 2.18. The van der Waals surface area contributed by atoms with E-state index >= 15 is 0 Å². The molecule has 0 saturated heterocycles. The highest BCUT2D eigenvalue weighted by atomic mass is 16.5. The van der Waals surface area contributed by atoms with Crippen molar-refractivity contribution in [1.82, 2.24) is 0 Å². The molecule has 0 atom stereocenters. The van der Waals surface area contributed by atoms with Gasteiger partial charge in [0.05, 0.1) is 20.5 Å². The third kappa shape index (κ3) is 2.51. The normalized spacial score (nSPS) is 11.2. The van der Waals surface area contributed by atoms with E-state index in [1.807, 2.05) is 31.2 Å². The topological polar surface area (TPSA) is 18.5 Å². The lowest BCUT2D eigenvalue weighted by Gasteiger charge is -2.04. The molecule has 2 nitrogen and oxygen atoms in total. The van der Waals surface area contributed by atoms with Gasteiger partial charge in [0.15, 0.2) is 0 Å². The van der Waals surface area contributed by atoms with Crippen LogP contribution in [0.3, 0.4) is 0 Å². The fraction of sp³-hybridized carbons (Fsp3) is 0.273. The van der Waals surface area contributed by atoms with Crippen LogP contribution in [0.5, 0.6) is 5.75 Å². The number of allylic oxidation sites excluding steroid dienone is 1. The van der Waals surface area contributed by atoms with Crippen LogP contribution in [0, 0.1) is 0 Å². The van der Waals surface area contributed by atoms with Crippen LogP contribution >= 0.6 is 0 Å². The maximum absolute atomic E-state index is 5.12. The van der Waals surface area contributed by atoms with Crippen LogP contribution in [0.1, 0.15) is 12.5 Å². The summed E-state index contributed by atoms with van der Waals surface area (Å²) in [6.45, 7) is 2.00. The minimum absolute atomic E-state index is 0.862. The minimum Gasteiger partial charge on any atom is -0.504 e. The third-order valence-corrected chi connectivity index (χ3v) is 1.82. The average molecular weight is 178 g/mol. The Balaban J connectivity index is 2.94. The number of benzene rings is 1. The Morgan fingerprint density at radius 1 is 1.31 bits per heavy atom. The molecule has 0 heterocycles. The largest absolute Gasteiger partial charge is 0.504 e. The number of ether oxygens (including phenoxy) is 2. The van der Waals surface area contributed by atoms with E-state index in [1.165, 1.54) is 0 Å². The lowest BCUT2D eigenvalue weighted by atomic mass is 10.1. The first kappa shape index (κ1) is 9.65. The van der Waals surface area contributed by atoms with E-state index < -0.39 is 0 Å². The zero-order valence-corrected chi connectivity index (χ0v) is 8.20. The molecule has 13 heavy (non-hydrogen) atoms. The standard InChI is InChI=1S/C11H14O2/c1-9(8-12-2)10-5-4-6-11(7-10)13-3/h4-8H,1-3H3. The van der Waals surface area contributed by atoms with Gasteiger partial charge in [-0.3, -0.25) is 0 Å². The molecule has 0 amide bonds. The predicted molar refractivity (Wildman–Crippen MR) is 53.7 cm³/mol. The van der Waals surface area contributed by atoms with Crippen LogP contribution in [0.4, 0.5) is 0 Å². The van der Waals surface area contributed by atoms with Crippen LogP contribution < -0.4 is 4.74 Å². The molecule has 0 aliphatic rings. The molecule has 0 radical (unpaired) electrons. The van der Waals surface area contributed by atoms with Crippen molar-refractivity contribution in [2.75, 3.05) is 14.2 Å². The van der Waals surface area contributed by atoms with Gasteiger partial charge in [-0.25, -0.2) is 0 Å². The van der Waals surface area contributed by atoms with Crippen LogP contribution in [-0.2, 0) is 4.74 Å². The van der Waals surface area contributed by atoms with Crippen molar-refractivity contribution in [3.63, 3.8) is 0 Å². The van der Waals surface area contributed by atoms with E-state index in [4.69, 9.17) is 9.47 Å². The van der Waals surface area contributed by atoms with Gasteiger partial charge in [0, 0.05) is 0 Å². The molecule has 0 aliphatic carbocycles. The molecule has 1 aromatic rings. The third-order valence-electron chi connectivity index (χ3n) is 1.82. The number of methoxy groups -OCH3 is 2. The van der Waals surface area contributed by atoms with Crippen LogP contribution in [0.15, 0.2) is 30.5 Å². The molecule has 0 spiro atoms. The van der Waals surface area contributed by atoms with Gasteiger partial charge in [-0.2, -0.15) is 0 Å². The molecule has 0 fully saturated rings. The summed E-state index contributed by atoms with van der Waals surface area (Å²) in [6.07, 6.45) is 1.72. The second-order valence-corrected chi connectivity index (χ2v) is 2.77. The monoisotopic (exact) mass is 178 g/mol. The van der Waals surface area contributed by atoms with E-state index in [-0.39, 0.29) is 0 Å². The molecule has 0 aliphatic heterocycles. The molecule has 0 saturated carbocycles. The second-order valence-electron chi connectivity index (χ2n) is 2.77. The van der Waals surface area contributed by atoms with Gasteiger partial charge in [0.25, 0.3) is 0 Å². The maximum Gasteiger partial charge on any atom is 0.119 e. The van der Waals surface area contributed by atoms with Crippen molar-refractivity contribution >= 4 is 5.57 Å². The first-order valence-electron chi connectivity index (χ1n) is 4.12. The molecule has 0 unspecified atom stereocenters. The lowest BCUT2D eigenvalue weighted by Crippen LogP contribution is -1.85. The Bertz CT molecular complexity index is 303. The molecule has 1 aromatic carbocycles. The summed E-state index contributed by atoms with van der Waals surface area (Å²) in [7, 11) is 3.30. The molecule has 70 valence electrons. The van der Waals surface area contributed by atoms with Crippen LogP contribution in [0.2, 0.25) is 0 Å². The maximum atomic E-state index is 5.12. The van der Waals surface area contributed by atoms with Crippen molar-refractivity contribution in [2.24, 2.45) is 0 Å². The van der Waals surface area contributed by atoms with Gasteiger partial charge in [-0.1, -0.05) is 12.1 Å². The Morgan fingerprint density at radius 3 is 2.69 bits per heavy atom. The second kappa shape index (κ2) is 4.55. The van der Waals surface area contributed by atoms with Crippen molar-refractivity contribution in [1.29, 1.82) is 0 Å². The molecule has 0 N–H and O–H groups in total. The highest BCUT2D eigenvalue weighted by Crippen LogP contribution is 2.19. The minimum atomic E-state index is 0.862. The Hall–Kier alpha value is -1.44. The summed E-state index contributed by atoms with van der Waals surface area (Å²) >= 11 is 0. The molecular weight excluding hydrogens is 164 g/mol. The SMILES string of the molecule is COC=C(C)c1cccc(OC)c1. The highest BCUT2D eigenvalue weighted by Gasteiger charge is 1.97. The molecular formula is C11H14O2. The fourth-order valence-corrected chi connectivity index (χ4v) is 1.11. The summed E-state index contributed by atoms with van der Waals surface area (Å²) < 4.78 is 10.0. The van der Waals surface area contributed by atoms with Crippen molar-refractivity contribution in [3.05, 3.63) is 36.1 Å². The van der Waals surface area contributed by atoms with Crippen molar-refractivity contribution < 1.29 is 9.47 Å². The number of rotatable bonds is 3. The zero-order valence-electron chi connectivity index (χ0n) is 8.20. The van der Waals surface area contributed by atoms with E-state index in [2.05, 4.69) is 0 Å². The molecule has 2 heteroatoms. The summed E-state index contributed by atoms with van der Waals surface area (Å²) in [5.41, 5.74) is 2.20. The van der Waals surface area contributed by atoms with Crippen molar-refractivity contribution in [3.8, 4) is 5.75 Å². The van der Waals surface area contributed by atoms with Gasteiger partial charge in [-0.05, 0) is 30.2 Å². The van der Waals surface area contributed by atoms with Gasteiger partial charge < -0.3 is 9.47 Å². The molecule has 0 aromatic heterocycles. The van der Waals surface area contributed by atoms with E-state index in [0.29, 0.717) is 0 Å². The summed E-state index contributed by atoms with van der Waals surface area (Å²) in [4.78, 5) is 0. The Labute approximate surface area is 78.8 Å². The van der Waals surface area contributed by atoms with Crippen molar-refractivity contribution in [2.45, 2.75) is 6.92 Å². The van der Waals surface area contributed by atoms with Crippen LogP contribution in [-0.4, -0.2) is 14.2 Å². The lowest BCUT2D eigenvalue weighted by molar-refractivity contribution is 0.339. The van der Waals surface area contributed by atoms with Gasteiger partial charge in [0.2, 0.25) is 0 Å². The van der Waals surface area contributed by atoms with Crippen LogP contribution in [0.25, 0.3) is 5.57 Å². The quantitative estimate of drug-likeness (QED) is 0.662. The summed E-state index contributed by atoms with van der Waals surface area (Å²) in [5.74, 6) is 0.862. The molecule has 0 bridgehead atoms. The van der Waals surface area contributed by atoms with Gasteiger partial charge in [0.1, 0.15) is 5.75 Å². The number of hydrogen-bond acceptors (Lipinski definition) is 2. The smallest absolute Gasteiger partial charge is 0.119 e. The predicted octanol–water partition coefficient (Wildman–Crippen LogP) is 2.70. The highest BCUT2D eigenvalue weighted by molar-refractivity contribution is 5.63. The zero-order chi connectivity index (χ0) is 9.68. The fourth-order valence-electron chi connectivity index (χ4n) is 1.11. The summed E-state index contributed by atoms with van der Waals surface area (Å²) in [6, 6.07) is 7.88. The van der Waals surface area contributed by atoms with E-state index in [9.17, 15) is 0 Å². The van der Waals surface area contributed by atoms with Gasteiger partial charge >= 0.3 is 0 Å². The molecule has 1 rings (SSSR count). The Morgan fingerprint density at radius 2 is 2.08 bits per heavy atom. The first-order valence-corrected chi connectivity index (χ1v) is 4.12.